The van der Waals surface area contributed by atoms with Crippen LogP contribution in [0.4, 0.5) is 13.2 Å². The summed E-state index contributed by atoms with van der Waals surface area (Å²) in [5, 5.41) is 0. The molecule has 3 aromatic carbocycles. The maximum Gasteiger partial charge on any atom is 0.166 e. The summed E-state index contributed by atoms with van der Waals surface area (Å²) in [4.78, 5) is 0. The highest BCUT2D eigenvalue weighted by Crippen LogP contribution is 2.43. The van der Waals surface area contributed by atoms with Crippen LogP contribution in [0.15, 0.2) is 60.7 Å². The van der Waals surface area contributed by atoms with Crippen LogP contribution in [-0.4, -0.2) is 6.61 Å². The second-order valence-electron chi connectivity index (χ2n) is 8.62. The molecule has 0 amide bonds. The van der Waals surface area contributed by atoms with E-state index < -0.39 is 11.6 Å². The van der Waals surface area contributed by atoms with E-state index in [4.69, 9.17) is 4.74 Å². The highest BCUT2D eigenvalue weighted by molar-refractivity contribution is 5.67. The van der Waals surface area contributed by atoms with Crippen molar-refractivity contribution in [3.63, 3.8) is 0 Å². The molecule has 4 rings (SSSR count). The monoisotopic (exact) mass is 450 g/mol. The summed E-state index contributed by atoms with van der Waals surface area (Å²) in [6.45, 7) is 4.29. The van der Waals surface area contributed by atoms with Gasteiger partial charge in [-0.3, -0.25) is 0 Å². The van der Waals surface area contributed by atoms with Gasteiger partial charge in [-0.2, -0.15) is 0 Å². The zero-order valence-corrected chi connectivity index (χ0v) is 19.1. The van der Waals surface area contributed by atoms with Gasteiger partial charge in [0.2, 0.25) is 0 Å². The normalized spacial score (nSPS) is 18.6. The van der Waals surface area contributed by atoms with Crippen LogP contribution in [-0.2, 0) is 0 Å². The van der Waals surface area contributed by atoms with E-state index in [2.05, 4.69) is 0 Å². The molecule has 1 aliphatic carbocycles. The first-order chi connectivity index (χ1) is 16.0. The molecule has 0 unspecified atom stereocenters. The molecular formula is C29H29F3O. The van der Waals surface area contributed by atoms with E-state index in [0.717, 1.165) is 18.4 Å². The zero-order chi connectivity index (χ0) is 23.4. The Balaban J connectivity index is 1.48. The van der Waals surface area contributed by atoms with Crippen LogP contribution >= 0.6 is 0 Å². The first-order valence-electron chi connectivity index (χ1n) is 11.6. The Morgan fingerprint density at radius 3 is 2.06 bits per heavy atom. The van der Waals surface area contributed by atoms with Crippen molar-refractivity contribution in [2.75, 3.05) is 6.61 Å². The van der Waals surface area contributed by atoms with E-state index in [0.29, 0.717) is 41.9 Å². The molecule has 0 bridgehead atoms. The van der Waals surface area contributed by atoms with E-state index in [1.54, 1.807) is 24.3 Å². The minimum Gasteiger partial charge on any atom is -0.494 e. The first-order valence-corrected chi connectivity index (χ1v) is 11.6. The first kappa shape index (κ1) is 23.2. The second kappa shape index (κ2) is 10.3. The topological polar surface area (TPSA) is 9.23 Å². The summed E-state index contributed by atoms with van der Waals surface area (Å²) in [7, 11) is 0. The predicted octanol–water partition coefficient (Wildman–Crippen LogP) is 8.64. The zero-order valence-electron chi connectivity index (χ0n) is 19.1. The van der Waals surface area contributed by atoms with Crippen LogP contribution in [0.3, 0.4) is 0 Å². The van der Waals surface area contributed by atoms with Crippen molar-refractivity contribution in [1.82, 2.24) is 0 Å². The van der Waals surface area contributed by atoms with Gasteiger partial charge in [-0.1, -0.05) is 54.6 Å². The molecule has 0 heterocycles. The van der Waals surface area contributed by atoms with E-state index in [1.165, 1.54) is 6.07 Å². The summed E-state index contributed by atoms with van der Waals surface area (Å²) < 4.78 is 50.0. The molecule has 1 aliphatic rings. The van der Waals surface area contributed by atoms with Gasteiger partial charge >= 0.3 is 0 Å². The largest absolute Gasteiger partial charge is 0.494 e. The van der Waals surface area contributed by atoms with Crippen LogP contribution in [0, 0.1) is 17.5 Å². The summed E-state index contributed by atoms with van der Waals surface area (Å²) in [6.07, 6.45) is 6.77. The Kier molecular flexibility index (Phi) is 7.22. The Hall–Kier alpha value is -3.01. The SMILES string of the molecule is C/C=C/c1ccc(-c2ccc(C3CCC(c4ccc(OCC)cc4F)CC3)c(F)c2F)cc1. The van der Waals surface area contributed by atoms with Crippen molar-refractivity contribution in [3.05, 3.63) is 94.8 Å². The fourth-order valence-corrected chi connectivity index (χ4v) is 4.88. The van der Waals surface area contributed by atoms with Gasteiger partial charge < -0.3 is 4.74 Å². The fourth-order valence-electron chi connectivity index (χ4n) is 4.88. The highest BCUT2D eigenvalue weighted by Gasteiger charge is 2.28. The number of halogens is 3. The molecule has 0 aliphatic heterocycles. The van der Waals surface area contributed by atoms with Crippen molar-refractivity contribution in [1.29, 1.82) is 0 Å². The molecule has 0 aromatic heterocycles. The molecule has 33 heavy (non-hydrogen) atoms. The third-order valence-corrected chi connectivity index (χ3v) is 6.58. The van der Waals surface area contributed by atoms with Gasteiger partial charge in [0.15, 0.2) is 11.6 Å². The number of allylic oxidation sites excluding steroid dienone is 1. The summed E-state index contributed by atoms with van der Waals surface area (Å²) in [6, 6.07) is 15.8. The quantitative estimate of drug-likeness (QED) is 0.365. The highest BCUT2D eigenvalue weighted by atomic mass is 19.2. The van der Waals surface area contributed by atoms with Crippen LogP contribution in [0.2, 0.25) is 0 Å². The van der Waals surface area contributed by atoms with Gasteiger partial charge in [0.05, 0.1) is 6.61 Å². The van der Waals surface area contributed by atoms with Crippen molar-refractivity contribution >= 4 is 6.08 Å². The van der Waals surface area contributed by atoms with E-state index in [-0.39, 0.29) is 23.2 Å². The van der Waals surface area contributed by atoms with Crippen molar-refractivity contribution in [2.24, 2.45) is 0 Å². The molecule has 0 spiro atoms. The maximum atomic E-state index is 15.1. The second-order valence-corrected chi connectivity index (χ2v) is 8.62. The van der Waals surface area contributed by atoms with E-state index in [1.807, 2.05) is 50.3 Å². The lowest BCUT2D eigenvalue weighted by Crippen LogP contribution is -2.15. The Bertz CT molecular complexity index is 1130. The van der Waals surface area contributed by atoms with Crippen molar-refractivity contribution in [2.45, 2.75) is 51.4 Å². The number of rotatable bonds is 6. The minimum absolute atomic E-state index is 0.0624. The van der Waals surface area contributed by atoms with Gasteiger partial charge in [0.25, 0.3) is 0 Å². The Morgan fingerprint density at radius 1 is 0.818 bits per heavy atom. The lowest BCUT2D eigenvalue weighted by atomic mass is 9.75. The Labute approximate surface area is 193 Å². The minimum atomic E-state index is -0.800. The van der Waals surface area contributed by atoms with Crippen LogP contribution in [0.1, 0.15) is 68.1 Å². The Morgan fingerprint density at radius 2 is 1.45 bits per heavy atom. The molecule has 1 fully saturated rings. The smallest absolute Gasteiger partial charge is 0.166 e. The number of ether oxygens (including phenoxy) is 1. The molecule has 0 N–H and O–H groups in total. The molecule has 0 radical (unpaired) electrons. The molecule has 0 saturated heterocycles. The standard InChI is InChI=1S/C29H29F3O/c1-3-5-19-6-8-21(9-7-19)25-16-17-26(29(32)28(25)31)22-12-10-20(11-13-22)24-15-14-23(33-4-2)18-27(24)30/h3,5-9,14-18,20,22H,4,10-13H2,1-2H3/b5-3+. The van der Waals surface area contributed by atoms with E-state index >= 15 is 4.39 Å². The van der Waals surface area contributed by atoms with Gasteiger partial charge in [-0.25, -0.2) is 13.2 Å². The van der Waals surface area contributed by atoms with E-state index in [9.17, 15) is 8.78 Å². The lowest BCUT2D eigenvalue weighted by Gasteiger charge is -2.30. The van der Waals surface area contributed by atoms with Crippen LogP contribution in [0.25, 0.3) is 17.2 Å². The fraction of sp³-hybridized carbons (Fsp3) is 0.310. The lowest BCUT2D eigenvalue weighted by molar-refractivity contribution is 0.336. The number of hydrogen-bond acceptors (Lipinski definition) is 1. The molecule has 1 saturated carbocycles. The third-order valence-electron chi connectivity index (χ3n) is 6.58. The van der Waals surface area contributed by atoms with Gasteiger partial charge in [0.1, 0.15) is 11.6 Å². The molecule has 4 heteroatoms. The molecule has 172 valence electrons. The number of benzene rings is 3. The summed E-state index contributed by atoms with van der Waals surface area (Å²) in [5.74, 6) is -1.27. The van der Waals surface area contributed by atoms with Crippen molar-refractivity contribution < 1.29 is 17.9 Å². The average molecular weight is 451 g/mol. The van der Waals surface area contributed by atoms with Gasteiger partial charge in [-0.05, 0) is 79.7 Å². The van der Waals surface area contributed by atoms with Crippen LogP contribution < -0.4 is 4.74 Å². The van der Waals surface area contributed by atoms with Crippen LogP contribution in [0.5, 0.6) is 5.75 Å². The number of hydrogen-bond donors (Lipinski definition) is 0. The average Bonchev–Trinajstić information content (AvgIpc) is 2.82. The predicted molar refractivity (Wildman–Crippen MR) is 128 cm³/mol. The van der Waals surface area contributed by atoms with Gasteiger partial charge in [-0.15, -0.1) is 0 Å². The third kappa shape index (κ3) is 5.00. The maximum absolute atomic E-state index is 15.1. The van der Waals surface area contributed by atoms with Gasteiger partial charge in [0, 0.05) is 11.6 Å². The molecule has 3 aromatic rings. The summed E-state index contributed by atoms with van der Waals surface area (Å²) >= 11 is 0. The molecule has 0 atom stereocenters. The molecule has 1 nitrogen and oxygen atoms in total. The van der Waals surface area contributed by atoms with Crippen molar-refractivity contribution in [3.8, 4) is 16.9 Å². The molecular weight excluding hydrogens is 421 g/mol. The summed E-state index contributed by atoms with van der Waals surface area (Å²) in [5.41, 5.74) is 3.04.